The average molecular weight is 61.1 g/mol. The van der Waals surface area contributed by atoms with Crippen molar-refractivity contribution in [3.63, 3.8) is 0 Å². The molecule has 0 rings (SSSR count). The van der Waals surface area contributed by atoms with Gasteiger partial charge < -0.3 is 5.84 Å². The molecule has 0 bridgehead atoms. The first-order valence-electron chi connectivity index (χ1n) is 0.482. The van der Waals surface area contributed by atoms with Crippen molar-refractivity contribution in [3.05, 3.63) is 0 Å². The number of nitrogens with zero attached hydrogens (tertiary/aromatic N) is 1. The molecule has 0 aliphatic carbocycles. The molecule has 0 aromatic rings. The molecule has 0 spiro atoms. The molecule has 0 aromatic heterocycles. The Kier molecular flexibility index (Phi) is 73.4. The van der Waals surface area contributed by atoms with Crippen LogP contribution in [0.4, 0.5) is 0 Å². The van der Waals surface area contributed by atoms with Crippen LogP contribution in [0.25, 0.3) is 0 Å². The summed E-state index contributed by atoms with van der Waals surface area (Å²) < 4.78 is 0. The van der Waals surface area contributed by atoms with Crippen LogP contribution in [0.5, 0.6) is 0 Å². The molecule has 0 saturated heterocycles. The van der Waals surface area contributed by atoms with E-state index < -0.39 is 0 Å². The molecule has 3 heteroatoms. The molecule has 4 heavy (non-hydrogen) atoms. The summed E-state index contributed by atoms with van der Waals surface area (Å²) in [6, 6.07) is 0. The van der Waals surface area contributed by atoms with Gasteiger partial charge in [-0.25, -0.2) is 0 Å². The van der Waals surface area contributed by atoms with E-state index >= 15 is 0 Å². The summed E-state index contributed by atoms with van der Waals surface area (Å²) in [4.78, 5) is 0. The predicted molar refractivity (Wildman–Crippen MR) is 16.1 cm³/mol. The van der Waals surface area contributed by atoms with E-state index in [0.29, 0.717) is 0 Å². The lowest BCUT2D eigenvalue weighted by Gasteiger charge is -1.40. The predicted octanol–water partition coefficient (Wildman–Crippen LogP) is 0.527. The van der Waals surface area contributed by atoms with Gasteiger partial charge in [-0.05, 0) is 0 Å². The Morgan fingerprint density at radius 2 is 1.75 bits per heavy atom. The van der Waals surface area contributed by atoms with Crippen LogP contribution in [0.3, 0.4) is 0 Å². The second-order valence-electron chi connectivity index (χ2n) is 0.129. The average Bonchev–Trinajstić information content (AvgIpc) is 0.918. The summed E-state index contributed by atoms with van der Waals surface area (Å²) in [5.41, 5.74) is 5.61. The molecule has 0 aliphatic rings. The van der Waals surface area contributed by atoms with E-state index in [4.69, 9.17) is 5.53 Å². The zero-order valence-electron chi connectivity index (χ0n) is 1.52. The minimum Gasteiger partial charge on any atom is -0.305 e. The van der Waals surface area contributed by atoms with Crippen molar-refractivity contribution in [3.8, 4) is 0 Å². The van der Waals surface area contributed by atoms with Crippen LogP contribution in [0.1, 0.15) is 7.43 Å². The standard InChI is InChI=1S/CH4.H3N3/c;1-3-2/h1H4;(H3,1,2). The third-order valence-electron chi connectivity index (χ3n) is 0. The monoisotopic (exact) mass is 61.1 g/mol. The third kappa shape index (κ3) is 0.622. The largest absolute Gasteiger partial charge is 0.305 e. The summed E-state index contributed by atoms with van der Waals surface area (Å²) in [5.74, 6) is 4.14. The molecule has 0 heterocycles. The fourth-order valence-electron chi connectivity index (χ4n) is 0. The van der Waals surface area contributed by atoms with Crippen LogP contribution in [0.15, 0.2) is 5.22 Å². The van der Waals surface area contributed by atoms with E-state index in [1.807, 2.05) is 0 Å². The number of nitrogens with two attached hydrogens (primary N) is 1. The lowest BCUT2D eigenvalue weighted by molar-refractivity contribution is 0.991. The molecule has 0 atom stereocenters. The van der Waals surface area contributed by atoms with E-state index in [9.17, 15) is 0 Å². The van der Waals surface area contributed by atoms with Crippen LogP contribution in [0.2, 0.25) is 0 Å². The van der Waals surface area contributed by atoms with Gasteiger partial charge in [0.25, 0.3) is 0 Å². The Labute approximate surface area is 25.3 Å². The number of nitrogens with one attached hydrogen (secondary N) is 1. The van der Waals surface area contributed by atoms with E-state index in [0.717, 1.165) is 0 Å². The normalized spacial score (nSPS) is 3.00. The van der Waals surface area contributed by atoms with Gasteiger partial charge in [0.1, 0.15) is 0 Å². The first-order chi connectivity index (χ1) is 1.41. The summed E-state index contributed by atoms with van der Waals surface area (Å²) >= 11 is 0. The molecule has 3 nitrogen and oxygen atoms in total. The molecular weight excluding hydrogens is 54.0 g/mol. The van der Waals surface area contributed by atoms with Crippen LogP contribution >= 0.6 is 0 Å². The molecule has 26 valence electrons. The van der Waals surface area contributed by atoms with Gasteiger partial charge in [0.15, 0.2) is 0 Å². The van der Waals surface area contributed by atoms with Crippen molar-refractivity contribution < 1.29 is 0 Å². The van der Waals surface area contributed by atoms with Gasteiger partial charge in [-0.2, -0.15) is 5.53 Å². The van der Waals surface area contributed by atoms with Crippen molar-refractivity contribution in [1.82, 2.24) is 0 Å². The molecular formula is CH7N3. The minimum atomic E-state index is 0. The molecule has 0 unspecified atom stereocenters. The fourth-order valence-corrected chi connectivity index (χ4v) is 0. The number of rotatable bonds is 0. The van der Waals surface area contributed by atoms with E-state index in [2.05, 4.69) is 11.1 Å². The van der Waals surface area contributed by atoms with Crippen LogP contribution in [-0.4, -0.2) is 0 Å². The molecule has 0 aliphatic heterocycles. The highest BCUT2D eigenvalue weighted by Crippen LogP contribution is 1.13. The highest BCUT2D eigenvalue weighted by Gasteiger charge is 1.05. The molecule has 0 amide bonds. The fraction of sp³-hybridized carbons (Fsp3) is 1.00. The Hall–Kier alpha value is -0.600. The SMILES string of the molecule is C.N=NN. The van der Waals surface area contributed by atoms with Gasteiger partial charge in [-0.3, -0.25) is 0 Å². The summed E-state index contributed by atoms with van der Waals surface area (Å²) in [6.07, 6.45) is 0. The second-order valence-corrected chi connectivity index (χ2v) is 0.129. The van der Waals surface area contributed by atoms with Crippen LogP contribution in [-0.2, 0) is 0 Å². The molecule has 0 radical (unpaired) electrons. The van der Waals surface area contributed by atoms with Crippen molar-refractivity contribution in [1.29, 1.82) is 5.53 Å². The Morgan fingerprint density at radius 3 is 1.75 bits per heavy atom. The third-order valence-corrected chi connectivity index (χ3v) is 0. The van der Waals surface area contributed by atoms with Crippen molar-refractivity contribution in [2.75, 3.05) is 0 Å². The van der Waals surface area contributed by atoms with Crippen molar-refractivity contribution in [2.24, 2.45) is 11.1 Å². The second kappa shape index (κ2) is 29.4. The maximum atomic E-state index is 5.61. The van der Waals surface area contributed by atoms with Gasteiger partial charge >= 0.3 is 0 Å². The lowest BCUT2D eigenvalue weighted by atomic mass is 12.0. The highest BCUT2D eigenvalue weighted by atomic mass is 15.2. The van der Waals surface area contributed by atoms with Gasteiger partial charge in [0.2, 0.25) is 0 Å². The Bertz CT molecular complexity index is 10.8. The van der Waals surface area contributed by atoms with Gasteiger partial charge in [-0.1, -0.05) is 12.6 Å². The van der Waals surface area contributed by atoms with Gasteiger partial charge in [-0.15, -0.1) is 0 Å². The first-order valence-corrected chi connectivity index (χ1v) is 0.482. The van der Waals surface area contributed by atoms with E-state index in [1.165, 1.54) is 0 Å². The number of hydrogen-bond acceptors (Lipinski definition) is 2. The quantitative estimate of drug-likeness (QED) is 0.239. The van der Waals surface area contributed by atoms with Crippen molar-refractivity contribution in [2.45, 2.75) is 7.43 Å². The maximum absolute atomic E-state index is 5.61. The molecule has 0 aromatic carbocycles. The zero-order valence-corrected chi connectivity index (χ0v) is 1.52. The summed E-state index contributed by atoms with van der Waals surface area (Å²) in [7, 11) is 0. The highest BCUT2D eigenvalue weighted by molar-refractivity contribution is 3.51. The Morgan fingerprint density at radius 1 is 1.75 bits per heavy atom. The number of hydrogen-bond donors (Lipinski definition) is 2. The maximum Gasteiger partial charge on any atom is -0.0776 e. The van der Waals surface area contributed by atoms with Crippen molar-refractivity contribution >= 4 is 0 Å². The molecule has 0 fully saturated rings. The smallest absolute Gasteiger partial charge is 0.0776 e. The minimum absolute atomic E-state index is 0. The first kappa shape index (κ1) is 9.99. The topological polar surface area (TPSA) is 62.2 Å². The molecule has 3 N–H and O–H groups in total. The van der Waals surface area contributed by atoms with Gasteiger partial charge in [0, 0.05) is 0 Å². The van der Waals surface area contributed by atoms with E-state index in [-0.39, 0.29) is 7.43 Å². The zero-order chi connectivity index (χ0) is 2.71. The summed E-state index contributed by atoms with van der Waals surface area (Å²) in [5, 5.41) is 2.25. The van der Waals surface area contributed by atoms with E-state index in [1.54, 1.807) is 0 Å². The van der Waals surface area contributed by atoms with Gasteiger partial charge in [0.05, 0.1) is 0 Å². The molecule has 0 saturated carbocycles. The van der Waals surface area contributed by atoms with Crippen LogP contribution in [0, 0.1) is 5.53 Å². The lowest BCUT2D eigenvalue weighted by Crippen LogP contribution is -1.66. The Balaban J connectivity index is 0. The summed E-state index contributed by atoms with van der Waals surface area (Å²) in [6.45, 7) is 0. The van der Waals surface area contributed by atoms with Crippen LogP contribution < -0.4 is 5.84 Å².